The predicted octanol–water partition coefficient (Wildman–Crippen LogP) is 2.16. The molecular formula is C7H19N. The first-order valence-electron chi connectivity index (χ1n) is 3.44. The lowest BCUT2D eigenvalue weighted by atomic mass is 10.3. The standard InChI is InChI=1S/C4H11N.C3H8/c1-3-4(2)5;1-3-2/h4H,3,5H2,1-2H3;3H2,1-2H3/t4-;/m0./s1. The van der Waals surface area contributed by atoms with Crippen LogP contribution in [0.5, 0.6) is 0 Å². The van der Waals surface area contributed by atoms with Crippen LogP contribution in [0, 0.1) is 0 Å². The zero-order valence-corrected chi connectivity index (χ0v) is 6.57. The Bertz CT molecular complexity index is 25.6. The van der Waals surface area contributed by atoms with Crippen LogP contribution in [-0.4, -0.2) is 6.04 Å². The normalized spacial score (nSPS) is 11.6. The van der Waals surface area contributed by atoms with Crippen LogP contribution in [0.2, 0.25) is 0 Å². The molecule has 1 heteroatoms. The largest absolute Gasteiger partial charge is 0.328 e. The molecule has 0 aliphatic heterocycles. The smallest absolute Gasteiger partial charge is 0.000781 e. The molecule has 0 spiro atoms. The van der Waals surface area contributed by atoms with E-state index in [0.29, 0.717) is 6.04 Å². The molecule has 1 atom stereocenters. The van der Waals surface area contributed by atoms with Crippen molar-refractivity contribution in [1.29, 1.82) is 0 Å². The molecule has 8 heavy (non-hydrogen) atoms. The molecule has 0 aromatic heterocycles. The van der Waals surface area contributed by atoms with Crippen LogP contribution in [-0.2, 0) is 0 Å². The van der Waals surface area contributed by atoms with Gasteiger partial charge in [0.15, 0.2) is 0 Å². The molecule has 0 aliphatic carbocycles. The van der Waals surface area contributed by atoms with Crippen molar-refractivity contribution in [2.75, 3.05) is 0 Å². The number of nitrogens with two attached hydrogens (primary N) is 1. The molecule has 1 nitrogen and oxygen atoms in total. The topological polar surface area (TPSA) is 26.0 Å². The Morgan fingerprint density at radius 2 is 1.38 bits per heavy atom. The summed E-state index contributed by atoms with van der Waals surface area (Å²) in [6.45, 7) is 8.32. The number of hydrogen-bond donors (Lipinski definition) is 1. The average molecular weight is 117 g/mol. The van der Waals surface area contributed by atoms with Crippen LogP contribution in [0.25, 0.3) is 0 Å². The lowest BCUT2D eigenvalue weighted by Gasteiger charge is -1.91. The SMILES string of the molecule is CCC.CC[C@H](C)N. The Kier molecular flexibility index (Phi) is 13.6. The molecule has 0 saturated heterocycles. The summed E-state index contributed by atoms with van der Waals surface area (Å²) in [4.78, 5) is 0. The van der Waals surface area contributed by atoms with Gasteiger partial charge in [-0.05, 0) is 13.3 Å². The Labute approximate surface area is 53.3 Å². The van der Waals surface area contributed by atoms with Crippen LogP contribution in [0.15, 0.2) is 0 Å². The van der Waals surface area contributed by atoms with E-state index in [4.69, 9.17) is 5.73 Å². The van der Waals surface area contributed by atoms with E-state index >= 15 is 0 Å². The van der Waals surface area contributed by atoms with Crippen molar-refractivity contribution >= 4 is 0 Å². The van der Waals surface area contributed by atoms with Crippen LogP contribution >= 0.6 is 0 Å². The molecule has 0 aromatic carbocycles. The minimum absolute atomic E-state index is 0.384. The fraction of sp³-hybridized carbons (Fsp3) is 1.00. The third kappa shape index (κ3) is 38.2. The van der Waals surface area contributed by atoms with E-state index in [-0.39, 0.29) is 0 Å². The Morgan fingerprint density at radius 1 is 1.25 bits per heavy atom. The fourth-order valence-corrected chi connectivity index (χ4v) is 0. The van der Waals surface area contributed by atoms with Crippen molar-refractivity contribution < 1.29 is 0 Å². The third-order valence-electron chi connectivity index (χ3n) is 0.644. The highest BCUT2D eigenvalue weighted by Gasteiger charge is 1.79. The molecule has 0 saturated carbocycles. The summed E-state index contributed by atoms with van der Waals surface area (Å²) in [6.07, 6.45) is 2.33. The van der Waals surface area contributed by atoms with Gasteiger partial charge in [-0.2, -0.15) is 0 Å². The molecule has 52 valence electrons. The van der Waals surface area contributed by atoms with E-state index in [9.17, 15) is 0 Å². The quantitative estimate of drug-likeness (QED) is 0.559. The second-order valence-corrected chi connectivity index (χ2v) is 2.09. The molecule has 0 amide bonds. The van der Waals surface area contributed by atoms with Crippen LogP contribution < -0.4 is 5.73 Å². The zero-order chi connectivity index (χ0) is 6.99. The summed E-state index contributed by atoms with van der Waals surface area (Å²) < 4.78 is 0. The van der Waals surface area contributed by atoms with Crippen LogP contribution in [0.4, 0.5) is 0 Å². The molecule has 0 aromatic rings. The lowest BCUT2D eigenvalue weighted by molar-refractivity contribution is 0.715. The molecule has 0 unspecified atom stereocenters. The van der Waals surface area contributed by atoms with E-state index in [1.165, 1.54) is 6.42 Å². The van der Waals surface area contributed by atoms with Gasteiger partial charge < -0.3 is 5.73 Å². The second-order valence-electron chi connectivity index (χ2n) is 2.09. The first-order chi connectivity index (χ1) is 3.68. The molecule has 0 fully saturated rings. The summed E-state index contributed by atoms with van der Waals surface area (Å²) in [7, 11) is 0. The van der Waals surface area contributed by atoms with Crippen molar-refractivity contribution in [2.45, 2.75) is 46.6 Å². The minimum Gasteiger partial charge on any atom is -0.328 e. The van der Waals surface area contributed by atoms with E-state index in [1.807, 2.05) is 6.92 Å². The number of rotatable bonds is 1. The molecule has 0 radical (unpaired) electrons. The van der Waals surface area contributed by atoms with Gasteiger partial charge in [0.25, 0.3) is 0 Å². The summed E-state index contributed by atoms with van der Waals surface area (Å²) in [5.74, 6) is 0. The predicted molar refractivity (Wildman–Crippen MR) is 39.9 cm³/mol. The molecule has 0 aliphatic rings. The summed E-state index contributed by atoms with van der Waals surface area (Å²) >= 11 is 0. The van der Waals surface area contributed by atoms with Gasteiger partial charge >= 0.3 is 0 Å². The maximum absolute atomic E-state index is 5.29. The molecule has 0 rings (SSSR count). The Hall–Kier alpha value is -0.0400. The van der Waals surface area contributed by atoms with Gasteiger partial charge in [0.2, 0.25) is 0 Å². The molecular weight excluding hydrogens is 98.1 g/mol. The fourth-order valence-electron chi connectivity index (χ4n) is 0. The minimum atomic E-state index is 0.384. The van der Waals surface area contributed by atoms with E-state index in [0.717, 1.165) is 6.42 Å². The van der Waals surface area contributed by atoms with Gasteiger partial charge in [-0.15, -0.1) is 0 Å². The van der Waals surface area contributed by atoms with Crippen molar-refractivity contribution in [3.05, 3.63) is 0 Å². The zero-order valence-electron chi connectivity index (χ0n) is 6.57. The highest BCUT2D eigenvalue weighted by atomic mass is 14.6. The molecule has 0 bridgehead atoms. The number of hydrogen-bond acceptors (Lipinski definition) is 1. The monoisotopic (exact) mass is 117 g/mol. The van der Waals surface area contributed by atoms with Crippen LogP contribution in [0.1, 0.15) is 40.5 Å². The highest BCUT2D eigenvalue weighted by Crippen LogP contribution is 1.77. The Balaban J connectivity index is 0. The van der Waals surface area contributed by atoms with Gasteiger partial charge in [0.05, 0.1) is 0 Å². The van der Waals surface area contributed by atoms with Crippen molar-refractivity contribution in [2.24, 2.45) is 5.73 Å². The van der Waals surface area contributed by atoms with Gasteiger partial charge in [-0.25, -0.2) is 0 Å². The summed E-state index contributed by atoms with van der Waals surface area (Å²) in [5.41, 5.74) is 5.29. The van der Waals surface area contributed by atoms with Gasteiger partial charge in [0.1, 0.15) is 0 Å². The summed E-state index contributed by atoms with van der Waals surface area (Å²) in [5, 5.41) is 0. The molecule has 2 N–H and O–H groups in total. The van der Waals surface area contributed by atoms with Gasteiger partial charge in [-0.1, -0.05) is 27.2 Å². The molecule has 0 heterocycles. The van der Waals surface area contributed by atoms with Crippen molar-refractivity contribution in [3.63, 3.8) is 0 Å². The van der Waals surface area contributed by atoms with Crippen LogP contribution in [0.3, 0.4) is 0 Å². The summed E-state index contributed by atoms with van der Waals surface area (Å²) in [6, 6.07) is 0.384. The average Bonchev–Trinajstić information content (AvgIpc) is 1.69. The second kappa shape index (κ2) is 10.0. The van der Waals surface area contributed by atoms with Gasteiger partial charge in [-0.3, -0.25) is 0 Å². The first kappa shape index (κ1) is 10.9. The van der Waals surface area contributed by atoms with E-state index in [2.05, 4.69) is 20.8 Å². The lowest BCUT2D eigenvalue weighted by Crippen LogP contribution is -2.11. The van der Waals surface area contributed by atoms with E-state index < -0.39 is 0 Å². The highest BCUT2D eigenvalue weighted by molar-refractivity contribution is 4.43. The van der Waals surface area contributed by atoms with E-state index in [1.54, 1.807) is 0 Å². The maximum atomic E-state index is 5.29. The third-order valence-corrected chi connectivity index (χ3v) is 0.644. The van der Waals surface area contributed by atoms with Crippen molar-refractivity contribution in [3.8, 4) is 0 Å². The first-order valence-corrected chi connectivity index (χ1v) is 3.44. The maximum Gasteiger partial charge on any atom is 0.000781 e. The van der Waals surface area contributed by atoms with Crippen molar-refractivity contribution in [1.82, 2.24) is 0 Å². The van der Waals surface area contributed by atoms with Gasteiger partial charge in [0, 0.05) is 6.04 Å². The Morgan fingerprint density at radius 3 is 1.38 bits per heavy atom.